The molecule has 0 amide bonds. The first-order valence-electron chi connectivity index (χ1n) is 18.5. The van der Waals surface area contributed by atoms with Crippen LogP contribution < -0.4 is 0 Å². The summed E-state index contributed by atoms with van der Waals surface area (Å²) in [5.41, 5.74) is 1.47. The van der Waals surface area contributed by atoms with Gasteiger partial charge in [0.25, 0.3) is 0 Å². The maximum atomic E-state index is 14.4. The molecule has 2 aromatic heterocycles. The van der Waals surface area contributed by atoms with E-state index in [-0.39, 0.29) is 28.3 Å². The van der Waals surface area contributed by atoms with Crippen LogP contribution in [-0.4, -0.2) is 9.13 Å². The standard InChI is InChI=1S/C49H21F6N7/c50-48(51,52)33-18-32(19-34(20-33)49(53,54)55)36-7-6-35(61-43-8-1-28(23-57)14-39(43)40-15-29(24-58)2-9-44(40)61)21-37(36)38-13-27(22-56)3-10-45(38)62-46-11-4-30(25-59)16-41(46)42-17-31(26-60)5-12-47(42)62/h1-21H. The predicted octanol–water partition coefficient (Wildman–Crippen LogP) is 12.6. The number of aromatic nitrogens is 2. The summed E-state index contributed by atoms with van der Waals surface area (Å²) < 4.78 is 90.0. The Labute approximate surface area is 347 Å². The minimum Gasteiger partial charge on any atom is -0.309 e. The molecular weight excluding hydrogens is 801 g/mol. The quantitative estimate of drug-likeness (QED) is 0.163. The molecule has 7 aromatic carbocycles. The normalized spacial score (nSPS) is 11.6. The molecule has 2 heterocycles. The third kappa shape index (κ3) is 6.28. The SMILES string of the molecule is N#Cc1ccc(-n2c3ccc(C#N)cc3c3cc(C#N)ccc32)c(-c2cc(-n3c4ccc(C#N)cc4c4cc(C#N)ccc43)ccc2-c2cc(C(F)(F)F)cc(C(F)(F)F)c2)c1. The van der Waals surface area contributed by atoms with Crippen LogP contribution in [0.1, 0.15) is 38.9 Å². The summed E-state index contributed by atoms with van der Waals surface area (Å²) in [7, 11) is 0. The van der Waals surface area contributed by atoms with Gasteiger partial charge in [-0.05, 0) is 138 Å². The Hall–Kier alpha value is -8.83. The molecule has 0 spiro atoms. The molecular formula is C49H21F6N7. The summed E-state index contributed by atoms with van der Waals surface area (Å²) >= 11 is 0. The van der Waals surface area contributed by atoms with Crippen LogP contribution in [0.15, 0.2) is 127 Å². The molecule has 294 valence electrons. The average molecular weight is 822 g/mol. The van der Waals surface area contributed by atoms with Crippen molar-refractivity contribution in [2.45, 2.75) is 12.4 Å². The van der Waals surface area contributed by atoms with E-state index in [1.54, 1.807) is 95.6 Å². The minimum absolute atomic E-state index is 0.0275. The van der Waals surface area contributed by atoms with Gasteiger partial charge in [-0.25, -0.2) is 0 Å². The van der Waals surface area contributed by atoms with Gasteiger partial charge < -0.3 is 9.13 Å². The Bertz CT molecular complexity index is 3450. The van der Waals surface area contributed by atoms with Gasteiger partial charge in [-0.15, -0.1) is 0 Å². The van der Waals surface area contributed by atoms with Gasteiger partial charge in [0.05, 0.1) is 97.0 Å². The van der Waals surface area contributed by atoms with E-state index in [4.69, 9.17) is 0 Å². The Morgan fingerprint density at radius 3 is 1.15 bits per heavy atom. The fraction of sp³-hybridized carbons (Fsp3) is 0.0408. The molecule has 0 aliphatic carbocycles. The number of hydrogen-bond acceptors (Lipinski definition) is 5. The molecule has 13 heteroatoms. The number of nitriles is 5. The van der Waals surface area contributed by atoms with Crippen molar-refractivity contribution in [3.05, 3.63) is 166 Å². The van der Waals surface area contributed by atoms with Crippen molar-refractivity contribution in [1.82, 2.24) is 9.13 Å². The van der Waals surface area contributed by atoms with E-state index in [0.29, 0.717) is 89.4 Å². The van der Waals surface area contributed by atoms with Crippen LogP contribution in [-0.2, 0) is 12.4 Å². The predicted molar refractivity (Wildman–Crippen MR) is 220 cm³/mol. The third-order valence-electron chi connectivity index (χ3n) is 10.9. The van der Waals surface area contributed by atoms with Crippen molar-refractivity contribution >= 4 is 43.6 Å². The zero-order valence-corrected chi connectivity index (χ0v) is 31.5. The monoisotopic (exact) mass is 821 g/mol. The third-order valence-corrected chi connectivity index (χ3v) is 10.9. The van der Waals surface area contributed by atoms with Crippen LogP contribution in [0.4, 0.5) is 26.3 Å². The molecule has 7 nitrogen and oxygen atoms in total. The Kier molecular flexibility index (Phi) is 8.84. The lowest BCUT2D eigenvalue weighted by atomic mass is 9.90. The number of halogens is 6. The fourth-order valence-electron chi connectivity index (χ4n) is 8.14. The van der Waals surface area contributed by atoms with Crippen molar-refractivity contribution in [2.24, 2.45) is 0 Å². The van der Waals surface area contributed by atoms with Gasteiger partial charge in [-0.2, -0.15) is 52.7 Å². The molecule has 9 rings (SSSR count). The molecule has 0 aliphatic rings. The van der Waals surface area contributed by atoms with E-state index in [1.165, 1.54) is 18.2 Å². The highest BCUT2D eigenvalue weighted by atomic mass is 19.4. The molecule has 0 unspecified atom stereocenters. The lowest BCUT2D eigenvalue weighted by Gasteiger charge is -2.21. The number of rotatable bonds is 4. The maximum absolute atomic E-state index is 14.4. The van der Waals surface area contributed by atoms with Gasteiger partial charge in [0, 0.05) is 32.8 Å². The summed E-state index contributed by atoms with van der Waals surface area (Å²) in [5, 5.41) is 51.8. The van der Waals surface area contributed by atoms with E-state index in [9.17, 15) is 52.7 Å². The number of benzene rings is 7. The highest BCUT2D eigenvalue weighted by Crippen LogP contribution is 2.45. The first-order valence-corrected chi connectivity index (χ1v) is 18.5. The van der Waals surface area contributed by atoms with Gasteiger partial charge in [-0.1, -0.05) is 6.07 Å². The minimum atomic E-state index is -5.15. The largest absolute Gasteiger partial charge is 0.416 e. The first-order chi connectivity index (χ1) is 29.7. The second kappa shape index (κ2) is 14.2. The molecule has 0 saturated carbocycles. The Morgan fingerprint density at radius 2 is 0.742 bits per heavy atom. The van der Waals surface area contributed by atoms with E-state index >= 15 is 0 Å². The molecule has 0 fully saturated rings. The molecule has 0 aliphatic heterocycles. The molecule has 0 N–H and O–H groups in total. The van der Waals surface area contributed by atoms with Crippen LogP contribution in [0.2, 0.25) is 0 Å². The summed E-state index contributed by atoms with van der Waals surface area (Å²) in [6.07, 6.45) is -10.3. The van der Waals surface area contributed by atoms with E-state index in [2.05, 4.69) is 30.3 Å². The molecule has 0 atom stereocenters. The van der Waals surface area contributed by atoms with Gasteiger partial charge in [0.2, 0.25) is 0 Å². The van der Waals surface area contributed by atoms with E-state index in [1.807, 2.05) is 4.57 Å². The molecule has 0 saturated heterocycles. The lowest BCUT2D eigenvalue weighted by Crippen LogP contribution is -2.11. The zero-order chi connectivity index (χ0) is 43.7. The summed E-state index contributed by atoms with van der Waals surface area (Å²) in [6.45, 7) is 0. The average Bonchev–Trinajstić information content (AvgIpc) is 3.78. The second-order valence-corrected chi connectivity index (χ2v) is 14.4. The van der Waals surface area contributed by atoms with Crippen LogP contribution >= 0.6 is 0 Å². The maximum Gasteiger partial charge on any atom is 0.416 e. The number of hydrogen-bond donors (Lipinski definition) is 0. The van der Waals surface area contributed by atoms with E-state index < -0.39 is 29.0 Å². The molecule has 9 aromatic rings. The Balaban J connectivity index is 1.43. The Morgan fingerprint density at radius 1 is 0.355 bits per heavy atom. The van der Waals surface area contributed by atoms with Crippen molar-refractivity contribution in [3.63, 3.8) is 0 Å². The zero-order valence-electron chi connectivity index (χ0n) is 31.5. The number of fused-ring (bicyclic) bond motifs is 6. The van der Waals surface area contributed by atoms with Crippen molar-refractivity contribution < 1.29 is 26.3 Å². The topological polar surface area (TPSA) is 129 Å². The van der Waals surface area contributed by atoms with Crippen molar-refractivity contribution in [3.8, 4) is 64.0 Å². The summed E-state index contributed by atoms with van der Waals surface area (Å²) in [4.78, 5) is 0. The fourth-order valence-corrected chi connectivity index (χ4v) is 8.14. The van der Waals surface area contributed by atoms with Crippen molar-refractivity contribution in [2.75, 3.05) is 0 Å². The number of nitrogens with zero attached hydrogens (tertiary/aromatic N) is 7. The second-order valence-electron chi connectivity index (χ2n) is 14.4. The molecule has 62 heavy (non-hydrogen) atoms. The summed E-state index contributed by atoms with van der Waals surface area (Å²) in [6, 6.07) is 41.1. The van der Waals surface area contributed by atoms with E-state index in [0.717, 1.165) is 0 Å². The van der Waals surface area contributed by atoms with Crippen LogP contribution in [0.5, 0.6) is 0 Å². The lowest BCUT2D eigenvalue weighted by molar-refractivity contribution is -0.143. The highest BCUT2D eigenvalue weighted by Gasteiger charge is 2.37. The molecule has 0 radical (unpaired) electrons. The summed E-state index contributed by atoms with van der Waals surface area (Å²) in [5.74, 6) is 0. The van der Waals surface area contributed by atoms with Gasteiger partial charge >= 0.3 is 12.4 Å². The highest BCUT2D eigenvalue weighted by molar-refractivity contribution is 6.12. The van der Waals surface area contributed by atoms with Gasteiger partial charge in [-0.3, -0.25) is 0 Å². The van der Waals surface area contributed by atoms with Gasteiger partial charge in [0.15, 0.2) is 0 Å². The van der Waals surface area contributed by atoms with Gasteiger partial charge in [0.1, 0.15) is 0 Å². The van der Waals surface area contributed by atoms with Crippen molar-refractivity contribution in [1.29, 1.82) is 26.3 Å². The first kappa shape index (κ1) is 38.7. The van der Waals surface area contributed by atoms with Crippen LogP contribution in [0.25, 0.3) is 77.2 Å². The van der Waals surface area contributed by atoms with Crippen LogP contribution in [0, 0.1) is 56.7 Å². The smallest absolute Gasteiger partial charge is 0.309 e. The number of alkyl halides is 6. The molecule has 0 bridgehead atoms. The van der Waals surface area contributed by atoms with Crippen LogP contribution in [0.3, 0.4) is 0 Å².